The van der Waals surface area contributed by atoms with Crippen LogP contribution in [0.15, 0.2) is 30.9 Å². The van der Waals surface area contributed by atoms with Gasteiger partial charge in [0.15, 0.2) is 5.65 Å². The van der Waals surface area contributed by atoms with Gasteiger partial charge in [0, 0.05) is 44.5 Å². The van der Waals surface area contributed by atoms with E-state index >= 15 is 0 Å². The van der Waals surface area contributed by atoms with Gasteiger partial charge in [-0.25, -0.2) is 23.4 Å². The van der Waals surface area contributed by atoms with Crippen LogP contribution < -0.4 is 0 Å². The molecule has 1 saturated heterocycles. The van der Waals surface area contributed by atoms with Crippen molar-refractivity contribution in [3.05, 3.63) is 42.4 Å². The molecule has 1 aliphatic heterocycles. The van der Waals surface area contributed by atoms with Crippen LogP contribution in [0.2, 0.25) is 0 Å². The van der Waals surface area contributed by atoms with E-state index in [0.29, 0.717) is 18.8 Å². The first kappa shape index (κ1) is 19.9. The standard InChI is InChI=1S/C20H25N5O3S/c1-29(26,27)12-2-3-17-20-23-14-18(25(20)9-8-21-17)16-4-7-22-19(24-16)13-15-5-10-28-11-6-15/h4,7-9,14-15H,2-3,5-6,10-13H2,1H3. The lowest BCUT2D eigenvalue weighted by molar-refractivity contribution is 0.0660. The summed E-state index contributed by atoms with van der Waals surface area (Å²) in [5.74, 6) is 1.55. The van der Waals surface area contributed by atoms with E-state index < -0.39 is 9.84 Å². The third-order valence-electron chi connectivity index (χ3n) is 5.21. The fourth-order valence-electron chi connectivity index (χ4n) is 3.69. The molecule has 3 aromatic heterocycles. The average Bonchev–Trinajstić information content (AvgIpc) is 3.13. The van der Waals surface area contributed by atoms with E-state index in [0.717, 1.165) is 61.0 Å². The van der Waals surface area contributed by atoms with Crippen LogP contribution in [0.1, 0.15) is 30.8 Å². The average molecular weight is 416 g/mol. The number of sulfone groups is 1. The number of aromatic nitrogens is 5. The topological polar surface area (TPSA) is 99.3 Å². The maximum atomic E-state index is 11.4. The molecular weight excluding hydrogens is 390 g/mol. The molecule has 1 fully saturated rings. The van der Waals surface area contributed by atoms with E-state index in [9.17, 15) is 8.42 Å². The van der Waals surface area contributed by atoms with Crippen LogP contribution >= 0.6 is 0 Å². The first-order valence-corrected chi connectivity index (χ1v) is 11.9. The largest absolute Gasteiger partial charge is 0.381 e. The molecule has 9 heteroatoms. The van der Waals surface area contributed by atoms with Crippen LogP contribution in [-0.4, -0.2) is 58.0 Å². The Morgan fingerprint density at radius 2 is 2.00 bits per heavy atom. The van der Waals surface area contributed by atoms with Crippen molar-refractivity contribution >= 4 is 15.5 Å². The molecule has 4 heterocycles. The minimum Gasteiger partial charge on any atom is -0.381 e. The monoisotopic (exact) mass is 415 g/mol. The summed E-state index contributed by atoms with van der Waals surface area (Å²) < 4.78 is 30.2. The van der Waals surface area contributed by atoms with E-state index in [1.54, 1.807) is 18.6 Å². The predicted octanol–water partition coefficient (Wildman–Crippen LogP) is 2.13. The molecule has 0 radical (unpaired) electrons. The Hall–Kier alpha value is -2.39. The number of hydrogen-bond donors (Lipinski definition) is 0. The second kappa shape index (κ2) is 8.54. The van der Waals surface area contributed by atoms with Crippen molar-refractivity contribution in [1.29, 1.82) is 0 Å². The fourth-order valence-corrected chi connectivity index (χ4v) is 4.36. The Labute approximate surface area is 170 Å². The molecule has 8 nitrogen and oxygen atoms in total. The highest BCUT2D eigenvalue weighted by atomic mass is 32.2. The highest BCUT2D eigenvalue weighted by molar-refractivity contribution is 7.90. The molecule has 0 N–H and O–H groups in total. The smallest absolute Gasteiger partial charge is 0.159 e. The van der Waals surface area contributed by atoms with Crippen LogP contribution in [0.25, 0.3) is 17.0 Å². The van der Waals surface area contributed by atoms with Crippen molar-refractivity contribution < 1.29 is 13.2 Å². The zero-order valence-corrected chi connectivity index (χ0v) is 17.3. The predicted molar refractivity (Wildman–Crippen MR) is 109 cm³/mol. The molecule has 0 atom stereocenters. The summed E-state index contributed by atoms with van der Waals surface area (Å²) >= 11 is 0. The van der Waals surface area contributed by atoms with Crippen molar-refractivity contribution in [1.82, 2.24) is 24.3 Å². The Morgan fingerprint density at radius 1 is 1.17 bits per heavy atom. The van der Waals surface area contributed by atoms with Gasteiger partial charge in [-0.3, -0.25) is 9.38 Å². The van der Waals surface area contributed by atoms with Gasteiger partial charge in [-0.2, -0.15) is 0 Å². The van der Waals surface area contributed by atoms with Gasteiger partial charge in [0.05, 0.1) is 29.0 Å². The summed E-state index contributed by atoms with van der Waals surface area (Å²) in [5, 5.41) is 0. The van der Waals surface area contributed by atoms with E-state index in [4.69, 9.17) is 9.72 Å². The molecule has 0 unspecified atom stereocenters. The van der Waals surface area contributed by atoms with Crippen molar-refractivity contribution in [2.24, 2.45) is 5.92 Å². The van der Waals surface area contributed by atoms with Gasteiger partial charge in [-0.05, 0) is 37.7 Å². The lowest BCUT2D eigenvalue weighted by Crippen LogP contribution is -2.18. The summed E-state index contributed by atoms with van der Waals surface area (Å²) in [5.41, 5.74) is 3.23. The van der Waals surface area contributed by atoms with Crippen LogP contribution in [0.5, 0.6) is 0 Å². The number of ether oxygens (including phenoxy) is 1. The molecule has 0 bridgehead atoms. The molecule has 154 valence electrons. The van der Waals surface area contributed by atoms with Gasteiger partial charge < -0.3 is 4.74 Å². The molecule has 0 aromatic carbocycles. The minimum absolute atomic E-state index is 0.144. The Morgan fingerprint density at radius 3 is 2.79 bits per heavy atom. The van der Waals surface area contributed by atoms with E-state index in [1.165, 1.54) is 6.26 Å². The summed E-state index contributed by atoms with van der Waals surface area (Å²) in [6.45, 7) is 1.62. The number of hydrogen-bond acceptors (Lipinski definition) is 7. The van der Waals surface area contributed by atoms with Crippen LogP contribution in [0.4, 0.5) is 0 Å². The zero-order valence-electron chi connectivity index (χ0n) is 16.5. The van der Waals surface area contributed by atoms with Gasteiger partial charge in [0.25, 0.3) is 0 Å². The molecule has 0 amide bonds. The fraction of sp³-hybridized carbons (Fsp3) is 0.500. The summed E-state index contributed by atoms with van der Waals surface area (Å²) in [7, 11) is -2.98. The zero-order chi connectivity index (χ0) is 20.3. The van der Waals surface area contributed by atoms with Gasteiger partial charge in [-0.15, -0.1) is 0 Å². The maximum Gasteiger partial charge on any atom is 0.159 e. The van der Waals surface area contributed by atoms with Crippen LogP contribution in [0.3, 0.4) is 0 Å². The molecule has 0 spiro atoms. The first-order chi connectivity index (χ1) is 14.0. The number of imidazole rings is 1. The van der Waals surface area contributed by atoms with Crippen molar-refractivity contribution in [3.8, 4) is 11.4 Å². The lowest BCUT2D eigenvalue weighted by atomic mass is 9.96. The maximum absolute atomic E-state index is 11.4. The quantitative estimate of drug-likeness (QED) is 0.583. The summed E-state index contributed by atoms with van der Waals surface area (Å²) in [6, 6.07) is 1.89. The van der Waals surface area contributed by atoms with E-state index in [1.807, 2.05) is 16.7 Å². The Balaban J connectivity index is 1.56. The van der Waals surface area contributed by atoms with E-state index in [2.05, 4.69) is 15.0 Å². The summed E-state index contributed by atoms with van der Waals surface area (Å²) in [6.07, 6.45) is 12.5. The Kier molecular flexibility index (Phi) is 5.86. The van der Waals surface area contributed by atoms with Gasteiger partial charge in [0.2, 0.25) is 0 Å². The van der Waals surface area contributed by atoms with Gasteiger partial charge in [-0.1, -0.05) is 0 Å². The third-order valence-corrected chi connectivity index (χ3v) is 6.24. The van der Waals surface area contributed by atoms with Crippen molar-refractivity contribution in [2.75, 3.05) is 25.2 Å². The third kappa shape index (κ3) is 4.97. The second-order valence-electron chi connectivity index (χ2n) is 7.56. The number of nitrogens with zero attached hydrogens (tertiary/aromatic N) is 5. The molecular formula is C20H25N5O3S. The number of aryl methyl sites for hydroxylation is 1. The molecule has 29 heavy (non-hydrogen) atoms. The summed E-state index contributed by atoms with van der Waals surface area (Å²) in [4.78, 5) is 18.2. The molecule has 3 aromatic rings. The molecule has 0 aliphatic carbocycles. The SMILES string of the molecule is CS(=O)(=O)CCCc1nccn2c(-c3ccnc(CC4CCOCC4)n3)cnc12. The Bertz CT molecular complexity index is 1090. The van der Waals surface area contributed by atoms with E-state index in [-0.39, 0.29) is 5.75 Å². The highest BCUT2D eigenvalue weighted by Crippen LogP contribution is 2.22. The number of fused-ring (bicyclic) bond motifs is 1. The normalized spacial score (nSPS) is 15.8. The van der Waals surface area contributed by atoms with Crippen LogP contribution in [-0.2, 0) is 27.4 Å². The second-order valence-corrected chi connectivity index (χ2v) is 9.82. The van der Waals surface area contributed by atoms with Crippen molar-refractivity contribution in [3.63, 3.8) is 0 Å². The molecule has 0 saturated carbocycles. The molecule has 1 aliphatic rings. The minimum atomic E-state index is -2.98. The molecule has 4 rings (SSSR count). The first-order valence-electron chi connectivity index (χ1n) is 9.88. The lowest BCUT2D eigenvalue weighted by Gasteiger charge is -2.21. The van der Waals surface area contributed by atoms with Crippen molar-refractivity contribution in [2.45, 2.75) is 32.1 Å². The van der Waals surface area contributed by atoms with Crippen LogP contribution in [0, 0.1) is 5.92 Å². The van der Waals surface area contributed by atoms with Gasteiger partial charge >= 0.3 is 0 Å². The highest BCUT2D eigenvalue weighted by Gasteiger charge is 2.17. The van der Waals surface area contributed by atoms with Gasteiger partial charge in [0.1, 0.15) is 15.7 Å². The number of rotatable bonds is 7.